The summed E-state index contributed by atoms with van der Waals surface area (Å²) >= 11 is 0. The molecule has 1 saturated heterocycles. The highest BCUT2D eigenvalue weighted by Crippen LogP contribution is 2.32. The first-order valence-corrected chi connectivity index (χ1v) is 7.66. The summed E-state index contributed by atoms with van der Waals surface area (Å²) in [5, 5.41) is 4.01. The summed E-state index contributed by atoms with van der Waals surface area (Å²) in [5.74, 6) is 0.523. The van der Waals surface area contributed by atoms with Crippen LogP contribution in [0.15, 0.2) is 34.9 Å². The highest BCUT2D eigenvalue weighted by atomic mass is 19.1. The second-order valence-electron chi connectivity index (χ2n) is 5.62. The van der Waals surface area contributed by atoms with Gasteiger partial charge in [0.15, 0.2) is 5.76 Å². The van der Waals surface area contributed by atoms with Gasteiger partial charge in [0.1, 0.15) is 5.82 Å². The van der Waals surface area contributed by atoms with E-state index in [1.807, 2.05) is 17.9 Å². The largest absolute Gasteiger partial charge is 0.359 e. The molecule has 2 aromatic rings. The van der Waals surface area contributed by atoms with Gasteiger partial charge in [-0.05, 0) is 37.0 Å². The van der Waals surface area contributed by atoms with Gasteiger partial charge in [0.2, 0.25) is 5.91 Å². The lowest BCUT2D eigenvalue weighted by atomic mass is 10.1. The molecule has 116 valence electrons. The van der Waals surface area contributed by atoms with Crippen LogP contribution in [0.5, 0.6) is 0 Å². The Bertz CT molecular complexity index is 651. The van der Waals surface area contributed by atoms with Crippen molar-refractivity contribution in [2.24, 2.45) is 0 Å². The van der Waals surface area contributed by atoms with Gasteiger partial charge in [-0.1, -0.05) is 24.2 Å². The van der Waals surface area contributed by atoms with E-state index in [1.54, 1.807) is 12.1 Å². The molecular weight excluding hydrogens is 283 g/mol. The summed E-state index contributed by atoms with van der Waals surface area (Å²) in [6.07, 6.45) is 2.96. The number of amides is 1. The van der Waals surface area contributed by atoms with Crippen molar-refractivity contribution >= 4 is 5.91 Å². The number of likely N-dealkylation sites (tertiary alicyclic amines) is 1. The minimum absolute atomic E-state index is 0.0271. The molecule has 0 aliphatic carbocycles. The van der Waals surface area contributed by atoms with Crippen molar-refractivity contribution in [3.05, 3.63) is 53.2 Å². The van der Waals surface area contributed by atoms with Crippen LogP contribution in [0.3, 0.4) is 0 Å². The highest BCUT2D eigenvalue weighted by Gasteiger charge is 2.32. The highest BCUT2D eigenvalue weighted by molar-refractivity contribution is 5.79. The molecule has 1 aromatic carbocycles. The first-order chi connectivity index (χ1) is 10.7. The minimum Gasteiger partial charge on any atom is -0.359 e. The third-order valence-corrected chi connectivity index (χ3v) is 4.11. The molecule has 0 spiro atoms. The van der Waals surface area contributed by atoms with Crippen LogP contribution >= 0.6 is 0 Å². The summed E-state index contributed by atoms with van der Waals surface area (Å²) in [6, 6.07) is 7.99. The maximum atomic E-state index is 12.9. The molecule has 5 heteroatoms. The lowest BCUT2D eigenvalue weighted by Gasteiger charge is -2.22. The van der Waals surface area contributed by atoms with Crippen molar-refractivity contribution < 1.29 is 13.7 Å². The van der Waals surface area contributed by atoms with E-state index in [9.17, 15) is 9.18 Å². The van der Waals surface area contributed by atoms with Crippen LogP contribution in [0.2, 0.25) is 0 Å². The molecule has 3 rings (SSSR count). The van der Waals surface area contributed by atoms with Crippen molar-refractivity contribution in [3.8, 4) is 0 Å². The standard InChI is InChI=1S/C17H19FN2O2/c1-2-14-11-16(22-19-14)15-4-3-9-20(15)17(21)10-12-5-7-13(18)8-6-12/h5-8,11,15H,2-4,9-10H2,1H3/t15-/m1/s1. The van der Waals surface area contributed by atoms with Crippen LogP contribution in [0.1, 0.15) is 42.8 Å². The second kappa shape index (κ2) is 6.30. The molecule has 1 atom stereocenters. The number of halogens is 1. The zero-order chi connectivity index (χ0) is 15.5. The zero-order valence-electron chi connectivity index (χ0n) is 12.6. The quantitative estimate of drug-likeness (QED) is 0.870. The number of carbonyl (C=O) groups is 1. The zero-order valence-corrected chi connectivity index (χ0v) is 12.6. The molecule has 0 N–H and O–H groups in total. The smallest absolute Gasteiger partial charge is 0.227 e. The number of benzene rings is 1. The Morgan fingerprint density at radius 2 is 2.18 bits per heavy atom. The fourth-order valence-corrected chi connectivity index (χ4v) is 2.89. The van der Waals surface area contributed by atoms with Crippen LogP contribution in [0.25, 0.3) is 0 Å². The number of hydrogen-bond acceptors (Lipinski definition) is 3. The average Bonchev–Trinajstić information content (AvgIpc) is 3.17. The van der Waals surface area contributed by atoms with Crippen molar-refractivity contribution in [3.63, 3.8) is 0 Å². The molecule has 4 nitrogen and oxygen atoms in total. The van der Waals surface area contributed by atoms with Crippen LogP contribution < -0.4 is 0 Å². The summed E-state index contributed by atoms with van der Waals surface area (Å²) in [5.41, 5.74) is 1.73. The average molecular weight is 302 g/mol. The molecule has 1 aliphatic heterocycles. The third-order valence-electron chi connectivity index (χ3n) is 4.11. The molecule has 0 unspecified atom stereocenters. The predicted octanol–water partition coefficient (Wildman–Crippen LogP) is 3.28. The summed E-state index contributed by atoms with van der Waals surface area (Å²) in [4.78, 5) is 14.4. The van der Waals surface area contributed by atoms with E-state index in [1.165, 1.54) is 12.1 Å². The molecule has 0 saturated carbocycles. The van der Waals surface area contributed by atoms with Gasteiger partial charge in [0.05, 0.1) is 18.2 Å². The van der Waals surface area contributed by atoms with E-state index in [-0.39, 0.29) is 24.2 Å². The topological polar surface area (TPSA) is 46.3 Å². The second-order valence-corrected chi connectivity index (χ2v) is 5.62. The van der Waals surface area contributed by atoms with Gasteiger partial charge >= 0.3 is 0 Å². The molecule has 1 aromatic heterocycles. The van der Waals surface area contributed by atoms with Crippen LogP contribution in [-0.4, -0.2) is 22.5 Å². The fourth-order valence-electron chi connectivity index (χ4n) is 2.89. The first-order valence-electron chi connectivity index (χ1n) is 7.66. The van der Waals surface area contributed by atoms with Gasteiger partial charge in [-0.3, -0.25) is 4.79 Å². The van der Waals surface area contributed by atoms with Gasteiger partial charge < -0.3 is 9.42 Å². The van der Waals surface area contributed by atoms with Gasteiger partial charge in [0, 0.05) is 12.6 Å². The molecule has 0 bridgehead atoms. The lowest BCUT2D eigenvalue weighted by molar-refractivity contribution is -0.131. The van der Waals surface area contributed by atoms with Crippen LogP contribution in [0.4, 0.5) is 4.39 Å². The van der Waals surface area contributed by atoms with Gasteiger partial charge in [-0.15, -0.1) is 0 Å². The van der Waals surface area contributed by atoms with Gasteiger partial charge in [0.25, 0.3) is 0 Å². The Morgan fingerprint density at radius 3 is 2.86 bits per heavy atom. The molecule has 22 heavy (non-hydrogen) atoms. The van der Waals surface area contributed by atoms with Crippen molar-refractivity contribution in [2.75, 3.05) is 6.54 Å². The van der Waals surface area contributed by atoms with E-state index >= 15 is 0 Å². The fraction of sp³-hybridized carbons (Fsp3) is 0.412. The van der Waals surface area contributed by atoms with Crippen LogP contribution in [0, 0.1) is 5.82 Å². The van der Waals surface area contributed by atoms with E-state index in [0.29, 0.717) is 0 Å². The molecule has 1 fully saturated rings. The predicted molar refractivity (Wildman–Crippen MR) is 79.7 cm³/mol. The van der Waals surface area contributed by atoms with Crippen molar-refractivity contribution in [1.29, 1.82) is 0 Å². The monoisotopic (exact) mass is 302 g/mol. The summed E-state index contributed by atoms with van der Waals surface area (Å²) in [6.45, 7) is 2.75. The third kappa shape index (κ3) is 3.03. The Kier molecular flexibility index (Phi) is 4.22. The molecule has 2 heterocycles. The Labute approximate surface area is 128 Å². The molecular formula is C17H19FN2O2. The number of aryl methyl sites for hydroxylation is 1. The number of nitrogens with zero attached hydrogens (tertiary/aromatic N) is 2. The van der Waals surface area contributed by atoms with E-state index in [2.05, 4.69) is 5.16 Å². The van der Waals surface area contributed by atoms with Gasteiger partial charge in [-0.2, -0.15) is 0 Å². The molecule has 0 radical (unpaired) electrons. The SMILES string of the molecule is CCc1cc([C@H]2CCCN2C(=O)Cc2ccc(F)cc2)on1. The Hall–Kier alpha value is -2.17. The van der Waals surface area contributed by atoms with E-state index in [4.69, 9.17) is 4.52 Å². The number of carbonyl (C=O) groups excluding carboxylic acids is 1. The summed E-state index contributed by atoms with van der Waals surface area (Å²) in [7, 11) is 0. The number of aromatic nitrogens is 1. The maximum absolute atomic E-state index is 12.9. The number of hydrogen-bond donors (Lipinski definition) is 0. The molecule has 1 amide bonds. The normalized spacial score (nSPS) is 17.9. The Balaban J connectivity index is 1.72. The van der Waals surface area contributed by atoms with E-state index < -0.39 is 0 Å². The maximum Gasteiger partial charge on any atom is 0.227 e. The van der Waals surface area contributed by atoms with Crippen LogP contribution in [-0.2, 0) is 17.6 Å². The Morgan fingerprint density at radius 1 is 1.41 bits per heavy atom. The van der Waals surface area contributed by atoms with Gasteiger partial charge in [-0.25, -0.2) is 4.39 Å². The van der Waals surface area contributed by atoms with Crippen molar-refractivity contribution in [1.82, 2.24) is 10.1 Å². The number of rotatable bonds is 4. The van der Waals surface area contributed by atoms with Crippen molar-refractivity contribution in [2.45, 2.75) is 38.6 Å². The first kappa shape index (κ1) is 14.8. The molecule has 1 aliphatic rings. The summed E-state index contributed by atoms with van der Waals surface area (Å²) < 4.78 is 18.3. The minimum atomic E-state index is -0.288. The lowest BCUT2D eigenvalue weighted by Crippen LogP contribution is -2.31. The van der Waals surface area contributed by atoms with E-state index in [0.717, 1.165) is 42.8 Å².